The summed E-state index contributed by atoms with van der Waals surface area (Å²) in [6.45, 7) is 0. The summed E-state index contributed by atoms with van der Waals surface area (Å²) < 4.78 is 0. The molecular weight excluding hydrogens is 154 g/mol. The van der Waals surface area contributed by atoms with E-state index in [-0.39, 0.29) is 0 Å². The zero-order valence-corrected chi connectivity index (χ0v) is 6.64. The molecule has 0 unspecified atom stereocenters. The Morgan fingerprint density at radius 3 is 2.17 bits per heavy atom. The average molecular weight is 167 g/mol. The molecule has 0 amide bonds. The Morgan fingerprint density at radius 2 is 1.75 bits per heavy atom. The summed E-state index contributed by atoms with van der Waals surface area (Å²) in [7, 11) is 0. The first kappa shape index (κ1) is 9.08. The molecule has 5 nitrogen and oxygen atoms in total. The molecule has 0 aromatic carbocycles. The monoisotopic (exact) mass is 167 g/mol. The lowest BCUT2D eigenvalue weighted by Crippen LogP contribution is -2.28. The summed E-state index contributed by atoms with van der Waals surface area (Å²) >= 11 is 0. The predicted molar refractivity (Wildman–Crippen MR) is 46.5 cm³/mol. The molecule has 0 aliphatic heterocycles. The molecule has 5 heteroatoms. The maximum absolute atomic E-state index is 5.48. The van der Waals surface area contributed by atoms with Crippen molar-refractivity contribution < 1.29 is 0 Å². The van der Waals surface area contributed by atoms with Gasteiger partial charge in [-0.25, -0.2) is 0 Å². The quantitative estimate of drug-likeness (QED) is 0.418. The molecule has 1 aromatic heterocycles. The van der Waals surface area contributed by atoms with Crippen molar-refractivity contribution in [1.29, 1.82) is 0 Å². The number of rotatable bonds is 2. The average Bonchev–Trinajstić information content (AvgIpc) is 2.04. The highest BCUT2D eigenvalue weighted by Gasteiger charge is 2.10. The molecule has 0 bridgehead atoms. The fourth-order valence-electron chi connectivity index (χ4n) is 0.990. The Kier molecular flexibility index (Phi) is 2.72. The predicted octanol–water partition coefficient (Wildman–Crippen LogP) is -1.09. The van der Waals surface area contributed by atoms with Crippen molar-refractivity contribution in [3.05, 3.63) is 29.6 Å². The van der Waals surface area contributed by atoms with Crippen molar-refractivity contribution in [1.82, 2.24) is 4.98 Å². The van der Waals surface area contributed by atoms with Crippen molar-refractivity contribution in [3.63, 3.8) is 0 Å². The topological polar surface area (TPSA) is 117 Å². The van der Waals surface area contributed by atoms with E-state index in [2.05, 4.69) is 4.98 Å². The highest BCUT2D eigenvalue weighted by atomic mass is 14.9. The number of nitrogens with two attached hydrogens (primary N) is 4. The van der Waals surface area contributed by atoms with Crippen LogP contribution in [0.4, 0.5) is 0 Å². The lowest BCUT2D eigenvalue weighted by Gasteiger charge is -2.13. The third-order valence-corrected chi connectivity index (χ3v) is 1.55. The highest BCUT2D eigenvalue weighted by molar-refractivity contribution is 5.24. The summed E-state index contributed by atoms with van der Waals surface area (Å²) in [5, 5.41) is 0. The van der Waals surface area contributed by atoms with Gasteiger partial charge >= 0.3 is 0 Å². The summed E-state index contributed by atoms with van der Waals surface area (Å²) in [6.07, 6.45) is 0.396. The van der Waals surface area contributed by atoms with Crippen LogP contribution in [0.1, 0.15) is 23.6 Å². The lowest BCUT2D eigenvalue weighted by atomic mass is 10.1. The number of aromatic nitrogens is 1. The van der Waals surface area contributed by atoms with Crippen LogP contribution in [-0.2, 0) is 0 Å². The van der Waals surface area contributed by atoms with E-state index in [0.29, 0.717) is 11.3 Å². The lowest BCUT2D eigenvalue weighted by molar-refractivity contribution is 0.682. The van der Waals surface area contributed by atoms with E-state index in [9.17, 15) is 0 Å². The van der Waals surface area contributed by atoms with Gasteiger partial charge in [0.1, 0.15) is 0 Å². The molecule has 0 aliphatic rings. The maximum atomic E-state index is 5.48. The normalized spacial score (nSPS) is 11.2. The Bertz CT molecular complexity index is 231. The van der Waals surface area contributed by atoms with E-state index < -0.39 is 12.3 Å². The maximum Gasteiger partial charge on any atom is 0.0963 e. The van der Waals surface area contributed by atoms with Gasteiger partial charge in [0.2, 0.25) is 0 Å². The molecule has 0 saturated carbocycles. The minimum atomic E-state index is -0.629. The van der Waals surface area contributed by atoms with Crippen molar-refractivity contribution in [2.75, 3.05) is 0 Å². The van der Waals surface area contributed by atoms with E-state index in [1.54, 1.807) is 18.3 Å². The van der Waals surface area contributed by atoms with Crippen molar-refractivity contribution in [2.45, 2.75) is 12.3 Å². The van der Waals surface area contributed by atoms with E-state index in [1.165, 1.54) is 0 Å². The third-order valence-electron chi connectivity index (χ3n) is 1.55. The van der Waals surface area contributed by atoms with Gasteiger partial charge in [-0.05, 0) is 6.07 Å². The number of hydrogen-bond donors (Lipinski definition) is 4. The molecule has 66 valence electrons. The summed E-state index contributed by atoms with van der Waals surface area (Å²) in [5.74, 6) is 0. The Balaban J connectivity index is 3.09. The number of pyridine rings is 1. The van der Waals surface area contributed by atoms with Crippen LogP contribution in [0.5, 0.6) is 0 Å². The van der Waals surface area contributed by atoms with E-state index in [4.69, 9.17) is 22.9 Å². The van der Waals surface area contributed by atoms with Gasteiger partial charge in [0.05, 0.1) is 18.0 Å². The first-order valence-corrected chi connectivity index (χ1v) is 3.60. The van der Waals surface area contributed by atoms with E-state index in [0.717, 1.165) is 0 Å². The molecule has 0 radical (unpaired) electrons. The van der Waals surface area contributed by atoms with Crippen molar-refractivity contribution in [2.24, 2.45) is 22.9 Å². The molecule has 1 aromatic rings. The van der Waals surface area contributed by atoms with Crippen LogP contribution in [0.3, 0.4) is 0 Å². The molecule has 8 N–H and O–H groups in total. The zero-order chi connectivity index (χ0) is 9.14. The SMILES string of the molecule is NC(N)c1cccnc1C(N)N. The van der Waals surface area contributed by atoms with Gasteiger partial charge in [0.25, 0.3) is 0 Å². The minimum absolute atomic E-state index is 0.549. The molecule has 0 spiro atoms. The van der Waals surface area contributed by atoms with Crippen LogP contribution in [0.15, 0.2) is 18.3 Å². The van der Waals surface area contributed by atoms with Crippen LogP contribution in [0, 0.1) is 0 Å². The second-order valence-electron chi connectivity index (χ2n) is 2.53. The first-order chi connectivity index (χ1) is 5.63. The standard InChI is InChI=1S/C7H13N5/c8-6(9)4-2-1-3-12-5(4)7(10)11/h1-3,6-7H,8-11H2. The fourth-order valence-corrected chi connectivity index (χ4v) is 0.990. The van der Waals surface area contributed by atoms with Crippen LogP contribution >= 0.6 is 0 Å². The Morgan fingerprint density at radius 1 is 1.08 bits per heavy atom. The van der Waals surface area contributed by atoms with Crippen LogP contribution in [0.2, 0.25) is 0 Å². The molecule has 1 rings (SSSR count). The summed E-state index contributed by atoms with van der Waals surface area (Å²) in [4.78, 5) is 3.99. The summed E-state index contributed by atoms with van der Waals surface area (Å²) in [5.41, 5.74) is 23.1. The molecule has 0 saturated heterocycles. The fraction of sp³-hybridized carbons (Fsp3) is 0.286. The summed E-state index contributed by atoms with van der Waals surface area (Å²) in [6, 6.07) is 3.51. The van der Waals surface area contributed by atoms with Gasteiger partial charge < -0.3 is 22.9 Å². The zero-order valence-electron chi connectivity index (χ0n) is 6.64. The van der Waals surface area contributed by atoms with Crippen LogP contribution < -0.4 is 22.9 Å². The van der Waals surface area contributed by atoms with Crippen molar-refractivity contribution in [3.8, 4) is 0 Å². The number of hydrogen-bond acceptors (Lipinski definition) is 5. The largest absolute Gasteiger partial charge is 0.312 e. The van der Waals surface area contributed by atoms with Gasteiger partial charge in [0, 0.05) is 11.8 Å². The van der Waals surface area contributed by atoms with E-state index in [1.807, 2.05) is 0 Å². The second kappa shape index (κ2) is 3.59. The smallest absolute Gasteiger partial charge is 0.0963 e. The molecule has 12 heavy (non-hydrogen) atoms. The van der Waals surface area contributed by atoms with Gasteiger partial charge in [-0.2, -0.15) is 0 Å². The van der Waals surface area contributed by atoms with E-state index >= 15 is 0 Å². The van der Waals surface area contributed by atoms with Gasteiger partial charge in [-0.3, -0.25) is 4.98 Å². The Hall–Kier alpha value is -1.01. The second-order valence-corrected chi connectivity index (χ2v) is 2.53. The van der Waals surface area contributed by atoms with Crippen LogP contribution in [0.25, 0.3) is 0 Å². The number of nitrogens with zero attached hydrogens (tertiary/aromatic N) is 1. The molecular formula is C7H13N5. The van der Waals surface area contributed by atoms with Crippen LogP contribution in [-0.4, -0.2) is 4.98 Å². The molecule has 0 atom stereocenters. The van der Waals surface area contributed by atoms with Crippen molar-refractivity contribution >= 4 is 0 Å². The van der Waals surface area contributed by atoms with Gasteiger partial charge in [-0.1, -0.05) is 6.07 Å². The Labute approximate surface area is 70.7 Å². The van der Waals surface area contributed by atoms with Gasteiger partial charge in [0.15, 0.2) is 0 Å². The highest BCUT2D eigenvalue weighted by Crippen LogP contribution is 2.12. The first-order valence-electron chi connectivity index (χ1n) is 3.60. The molecule has 0 fully saturated rings. The van der Waals surface area contributed by atoms with Gasteiger partial charge in [-0.15, -0.1) is 0 Å². The molecule has 0 aliphatic carbocycles. The minimum Gasteiger partial charge on any atom is -0.312 e. The molecule has 1 heterocycles. The third kappa shape index (κ3) is 1.77.